The van der Waals surface area contributed by atoms with Crippen molar-refractivity contribution in [3.8, 4) is 0 Å². The maximum absolute atomic E-state index is 10.4. The van der Waals surface area contributed by atoms with Crippen LogP contribution < -0.4 is 10.3 Å². The molecule has 1 unspecified atom stereocenters. The van der Waals surface area contributed by atoms with Gasteiger partial charge in [0.25, 0.3) is 11.3 Å². The Morgan fingerprint density at radius 2 is 1.91 bits per heavy atom. The van der Waals surface area contributed by atoms with E-state index in [1.807, 2.05) is 0 Å². The van der Waals surface area contributed by atoms with Crippen molar-refractivity contribution in [1.82, 2.24) is 0 Å². The lowest BCUT2D eigenvalue weighted by atomic mass is 10.3. The lowest BCUT2D eigenvalue weighted by Gasteiger charge is -2.11. The van der Waals surface area contributed by atoms with Crippen molar-refractivity contribution in [3.05, 3.63) is 30.3 Å². The highest BCUT2D eigenvalue weighted by molar-refractivity contribution is 7.80. The van der Waals surface area contributed by atoms with Gasteiger partial charge in [-0.25, -0.2) is 14.5 Å². The van der Waals surface area contributed by atoms with E-state index in [4.69, 9.17) is 10.4 Å². The van der Waals surface area contributed by atoms with Crippen LogP contribution in [0.5, 0.6) is 0 Å². The summed E-state index contributed by atoms with van der Waals surface area (Å²) >= 11 is -2.15. The maximum Gasteiger partial charge on any atom is 0.276 e. The molecule has 0 saturated carbocycles. The number of nitrogens with two attached hydrogens (primary N) is 1. The number of hydrazine groups is 1. The van der Waals surface area contributed by atoms with E-state index in [1.54, 1.807) is 30.3 Å². The van der Waals surface area contributed by atoms with Gasteiger partial charge in [-0.3, -0.25) is 4.55 Å². The van der Waals surface area contributed by atoms with Gasteiger partial charge in [0.15, 0.2) is 0 Å². The van der Waals surface area contributed by atoms with Crippen LogP contribution in [0.15, 0.2) is 30.3 Å². The van der Waals surface area contributed by atoms with Gasteiger partial charge in [-0.05, 0) is 12.1 Å². The number of hydrogen-bond donors (Lipinski definition) is 2. The molecule has 0 bridgehead atoms. The first-order valence-corrected chi connectivity index (χ1v) is 3.99. The molecule has 5 heteroatoms. The molecule has 1 rings (SSSR count). The van der Waals surface area contributed by atoms with Gasteiger partial charge in [-0.1, -0.05) is 18.2 Å². The molecule has 0 saturated heterocycles. The highest BCUT2D eigenvalue weighted by atomic mass is 32.2. The second-order valence-electron chi connectivity index (χ2n) is 1.89. The molecule has 0 radical (unpaired) electrons. The third-order valence-electron chi connectivity index (χ3n) is 1.18. The van der Waals surface area contributed by atoms with Crippen LogP contribution in [0.2, 0.25) is 0 Å². The van der Waals surface area contributed by atoms with E-state index >= 15 is 0 Å². The highest BCUT2D eigenvalue weighted by Crippen LogP contribution is 2.09. The Labute approximate surface area is 67.0 Å². The van der Waals surface area contributed by atoms with Crippen molar-refractivity contribution >= 4 is 17.0 Å². The molecular weight excluding hydrogens is 164 g/mol. The Bertz CT molecular complexity index is 252. The smallest absolute Gasteiger partial charge is 0.276 e. The average Bonchev–Trinajstić information content (AvgIpc) is 2.05. The van der Waals surface area contributed by atoms with E-state index in [0.29, 0.717) is 5.69 Å². The molecule has 0 aromatic heterocycles. The zero-order chi connectivity index (χ0) is 8.27. The Kier molecular flexibility index (Phi) is 2.58. The Hall–Kier alpha value is -0.910. The summed E-state index contributed by atoms with van der Waals surface area (Å²) in [5, 5.41) is 0. The fourth-order valence-electron chi connectivity index (χ4n) is 0.665. The van der Waals surface area contributed by atoms with E-state index in [0.717, 1.165) is 4.41 Å². The van der Waals surface area contributed by atoms with Crippen molar-refractivity contribution in [3.63, 3.8) is 0 Å². The van der Waals surface area contributed by atoms with Crippen LogP contribution in [0.4, 0.5) is 5.69 Å². The minimum absolute atomic E-state index is 0.508. The third kappa shape index (κ3) is 2.01. The van der Waals surface area contributed by atoms with Crippen LogP contribution in [-0.4, -0.2) is 8.76 Å². The van der Waals surface area contributed by atoms with Crippen LogP contribution in [0.25, 0.3) is 0 Å². The average molecular weight is 172 g/mol. The summed E-state index contributed by atoms with van der Waals surface area (Å²) in [5.41, 5.74) is 0.508. The monoisotopic (exact) mass is 172 g/mol. The van der Waals surface area contributed by atoms with Gasteiger partial charge in [-0.2, -0.15) is 0 Å². The summed E-state index contributed by atoms with van der Waals surface area (Å²) in [4.78, 5) is 0. The van der Waals surface area contributed by atoms with Gasteiger partial charge in [0.2, 0.25) is 0 Å². The lowest BCUT2D eigenvalue weighted by Crippen LogP contribution is -2.32. The lowest BCUT2D eigenvalue weighted by molar-refractivity contribution is 0.560. The first kappa shape index (κ1) is 8.19. The van der Waals surface area contributed by atoms with E-state index < -0.39 is 11.3 Å². The largest absolute Gasteiger partial charge is 0.288 e. The quantitative estimate of drug-likeness (QED) is 0.388. The maximum atomic E-state index is 10.4. The van der Waals surface area contributed by atoms with Crippen LogP contribution in [0, 0.1) is 0 Å². The van der Waals surface area contributed by atoms with E-state index in [-0.39, 0.29) is 0 Å². The number of nitrogens with zero attached hydrogens (tertiary/aromatic N) is 1. The molecule has 0 fully saturated rings. The fraction of sp³-hybridized carbons (Fsp3) is 0. The SMILES string of the molecule is NN(c1ccccc1)S(=O)O. The van der Waals surface area contributed by atoms with Gasteiger partial charge < -0.3 is 0 Å². The second kappa shape index (κ2) is 3.47. The summed E-state index contributed by atoms with van der Waals surface area (Å²) in [6.07, 6.45) is 0. The van der Waals surface area contributed by atoms with Gasteiger partial charge >= 0.3 is 0 Å². The fourth-order valence-corrected chi connectivity index (χ4v) is 0.967. The van der Waals surface area contributed by atoms with Gasteiger partial charge in [0.05, 0.1) is 5.69 Å². The summed E-state index contributed by atoms with van der Waals surface area (Å²) in [6.45, 7) is 0. The number of anilines is 1. The topological polar surface area (TPSA) is 66.6 Å². The number of para-hydroxylation sites is 1. The molecule has 0 aliphatic carbocycles. The molecular formula is C6H8N2O2S. The van der Waals surface area contributed by atoms with Gasteiger partial charge in [-0.15, -0.1) is 0 Å². The summed E-state index contributed by atoms with van der Waals surface area (Å²) in [5.74, 6) is 5.22. The Morgan fingerprint density at radius 1 is 1.36 bits per heavy atom. The predicted molar refractivity (Wildman–Crippen MR) is 43.9 cm³/mol. The third-order valence-corrected chi connectivity index (χ3v) is 1.73. The zero-order valence-electron chi connectivity index (χ0n) is 5.68. The first-order chi connectivity index (χ1) is 5.22. The second-order valence-corrected chi connectivity index (χ2v) is 2.75. The molecule has 0 heterocycles. The minimum atomic E-state index is -2.15. The van der Waals surface area contributed by atoms with Crippen molar-refractivity contribution in [2.45, 2.75) is 0 Å². The molecule has 1 aromatic rings. The standard InChI is InChI=1S/C6H8N2O2S/c7-8(11(9)10)6-4-2-1-3-5-6/h1-5H,7H2,(H,9,10). The number of hydrogen-bond acceptors (Lipinski definition) is 2. The molecule has 3 N–H and O–H groups in total. The predicted octanol–water partition coefficient (Wildman–Crippen LogP) is 0.503. The van der Waals surface area contributed by atoms with Crippen molar-refractivity contribution in [1.29, 1.82) is 0 Å². The Morgan fingerprint density at radius 3 is 2.36 bits per heavy atom. The van der Waals surface area contributed by atoms with Crippen molar-refractivity contribution in [2.75, 3.05) is 4.41 Å². The molecule has 1 aromatic carbocycles. The summed E-state index contributed by atoms with van der Waals surface area (Å²) in [7, 11) is 0. The van der Waals surface area contributed by atoms with E-state index in [1.165, 1.54) is 0 Å². The molecule has 0 aliphatic rings. The van der Waals surface area contributed by atoms with Crippen molar-refractivity contribution < 1.29 is 8.76 Å². The molecule has 0 amide bonds. The Balaban J connectivity index is 2.85. The molecule has 60 valence electrons. The molecule has 1 atom stereocenters. The molecule has 0 aliphatic heterocycles. The molecule has 0 spiro atoms. The molecule has 4 nitrogen and oxygen atoms in total. The van der Waals surface area contributed by atoms with Crippen LogP contribution in [0.3, 0.4) is 0 Å². The van der Waals surface area contributed by atoms with E-state index in [2.05, 4.69) is 0 Å². The summed E-state index contributed by atoms with van der Waals surface area (Å²) in [6, 6.07) is 8.57. The first-order valence-electron chi connectivity index (χ1n) is 2.92. The molecule has 11 heavy (non-hydrogen) atoms. The highest BCUT2D eigenvalue weighted by Gasteiger charge is 2.04. The number of rotatable bonds is 2. The van der Waals surface area contributed by atoms with Crippen LogP contribution >= 0.6 is 0 Å². The van der Waals surface area contributed by atoms with Crippen molar-refractivity contribution in [2.24, 2.45) is 5.84 Å². The zero-order valence-corrected chi connectivity index (χ0v) is 6.49. The normalized spacial score (nSPS) is 12.5. The van der Waals surface area contributed by atoms with Gasteiger partial charge in [0, 0.05) is 0 Å². The van der Waals surface area contributed by atoms with Crippen LogP contribution in [0.1, 0.15) is 0 Å². The van der Waals surface area contributed by atoms with E-state index in [9.17, 15) is 4.21 Å². The minimum Gasteiger partial charge on any atom is -0.288 e. The summed E-state index contributed by atoms with van der Waals surface area (Å²) < 4.78 is 19.7. The number of benzene rings is 1. The van der Waals surface area contributed by atoms with Gasteiger partial charge in [0.1, 0.15) is 0 Å². The van der Waals surface area contributed by atoms with Crippen LogP contribution in [-0.2, 0) is 11.3 Å².